The van der Waals surface area contributed by atoms with Crippen molar-refractivity contribution in [3.63, 3.8) is 0 Å². The van der Waals surface area contributed by atoms with E-state index in [2.05, 4.69) is 10.2 Å². The van der Waals surface area contributed by atoms with E-state index in [0.29, 0.717) is 6.04 Å². The van der Waals surface area contributed by atoms with Crippen molar-refractivity contribution in [3.05, 3.63) is 29.8 Å². The molecule has 0 aliphatic heterocycles. The number of hydrogen-bond acceptors (Lipinski definition) is 3. The molecule has 0 heterocycles. The van der Waals surface area contributed by atoms with E-state index in [1.165, 1.54) is 24.8 Å². The largest absolute Gasteiger partial charge is 0.497 e. The number of benzene rings is 1. The van der Waals surface area contributed by atoms with Crippen molar-refractivity contribution in [1.29, 1.82) is 0 Å². The van der Waals surface area contributed by atoms with Crippen molar-refractivity contribution >= 4 is 5.91 Å². The minimum Gasteiger partial charge on any atom is -0.497 e. The van der Waals surface area contributed by atoms with Crippen molar-refractivity contribution in [2.24, 2.45) is 0 Å². The second-order valence-corrected chi connectivity index (χ2v) is 6.28. The molecule has 1 aliphatic carbocycles. The van der Waals surface area contributed by atoms with Crippen molar-refractivity contribution in [2.75, 3.05) is 14.2 Å². The van der Waals surface area contributed by atoms with Crippen molar-refractivity contribution in [1.82, 2.24) is 10.2 Å². The Kier molecular flexibility index (Phi) is 6.25. The third-order valence-electron chi connectivity index (χ3n) is 4.58. The molecule has 2 rings (SSSR count). The van der Waals surface area contributed by atoms with Gasteiger partial charge in [0, 0.05) is 12.6 Å². The van der Waals surface area contributed by atoms with Gasteiger partial charge in [-0.3, -0.25) is 9.69 Å². The molecule has 4 nitrogen and oxygen atoms in total. The number of amides is 1. The fourth-order valence-corrected chi connectivity index (χ4v) is 2.92. The number of rotatable bonds is 6. The molecule has 1 aromatic rings. The Morgan fingerprint density at radius 1 is 1.27 bits per heavy atom. The van der Waals surface area contributed by atoms with Gasteiger partial charge in [-0.2, -0.15) is 0 Å². The first kappa shape index (κ1) is 16.8. The molecule has 1 atom stereocenters. The number of ether oxygens (including phenoxy) is 1. The SMILES string of the molecule is COc1ccc(CN(C)C(C)C(=O)NC2CCCCC2)cc1. The molecule has 0 bridgehead atoms. The van der Waals surface area contributed by atoms with Gasteiger partial charge in [-0.15, -0.1) is 0 Å². The molecule has 0 aromatic heterocycles. The van der Waals surface area contributed by atoms with Gasteiger partial charge in [0.2, 0.25) is 5.91 Å². The highest BCUT2D eigenvalue weighted by Crippen LogP contribution is 2.18. The number of methoxy groups -OCH3 is 1. The Hall–Kier alpha value is -1.55. The van der Waals surface area contributed by atoms with E-state index in [4.69, 9.17) is 4.74 Å². The molecule has 22 heavy (non-hydrogen) atoms. The summed E-state index contributed by atoms with van der Waals surface area (Å²) in [4.78, 5) is 14.5. The highest BCUT2D eigenvalue weighted by molar-refractivity contribution is 5.81. The van der Waals surface area contributed by atoms with Gasteiger partial charge >= 0.3 is 0 Å². The number of nitrogens with one attached hydrogen (secondary N) is 1. The second kappa shape index (κ2) is 8.18. The highest BCUT2D eigenvalue weighted by atomic mass is 16.5. The van der Waals surface area contributed by atoms with Gasteiger partial charge in [0.05, 0.1) is 13.2 Å². The summed E-state index contributed by atoms with van der Waals surface area (Å²) in [5.74, 6) is 0.998. The lowest BCUT2D eigenvalue weighted by molar-refractivity contribution is -0.126. The Bertz CT molecular complexity index is 466. The molecule has 0 saturated heterocycles. The monoisotopic (exact) mass is 304 g/mol. The molecule has 4 heteroatoms. The summed E-state index contributed by atoms with van der Waals surface area (Å²) in [6.45, 7) is 2.73. The number of likely N-dealkylation sites (N-methyl/N-ethyl adjacent to an activating group) is 1. The predicted molar refractivity (Wildman–Crippen MR) is 88.9 cm³/mol. The molecular formula is C18H28N2O2. The third kappa shape index (κ3) is 4.73. The van der Waals surface area contributed by atoms with E-state index in [0.717, 1.165) is 25.1 Å². The first-order valence-corrected chi connectivity index (χ1v) is 8.23. The molecule has 122 valence electrons. The van der Waals surface area contributed by atoms with Crippen LogP contribution >= 0.6 is 0 Å². The zero-order chi connectivity index (χ0) is 15.9. The van der Waals surface area contributed by atoms with Crippen molar-refractivity contribution < 1.29 is 9.53 Å². The summed E-state index contributed by atoms with van der Waals surface area (Å²) in [6, 6.07) is 8.25. The molecule has 1 saturated carbocycles. The smallest absolute Gasteiger partial charge is 0.237 e. The van der Waals surface area contributed by atoms with E-state index in [9.17, 15) is 4.79 Å². The quantitative estimate of drug-likeness (QED) is 0.878. The fourth-order valence-electron chi connectivity index (χ4n) is 2.92. The molecular weight excluding hydrogens is 276 g/mol. The first-order chi connectivity index (χ1) is 10.6. The lowest BCUT2D eigenvalue weighted by Crippen LogP contribution is -2.47. The van der Waals surface area contributed by atoms with Crippen LogP contribution in [0.4, 0.5) is 0 Å². The number of hydrogen-bond donors (Lipinski definition) is 1. The van der Waals surface area contributed by atoms with Gasteiger partial charge in [0.1, 0.15) is 5.75 Å². The Morgan fingerprint density at radius 2 is 1.91 bits per heavy atom. The zero-order valence-corrected chi connectivity index (χ0v) is 14.0. The van der Waals surface area contributed by atoms with E-state index in [-0.39, 0.29) is 11.9 Å². The maximum Gasteiger partial charge on any atom is 0.237 e. The average molecular weight is 304 g/mol. The van der Waals surface area contributed by atoms with E-state index >= 15 is 0 Å². The van der Waals surface area contributed by atoms with Crippen molar-refractivity contribution in [2.45, 2.75) is 57.7 Å². The highest BCUT2D eigenvalue weighted by Gasteiger charge is 2.22. The van der Waals surface area contributed by atoms with Crippen LogP contribution in [0.1, 0.15) is 44.6 Å². The maximum atomic E-state index is 12.4. The molecule has 1 fully saturated rings. The Labute approximate surface area is 133 Å². The molecule has 1 aliphatic rings. The van der Waals surface area contributed by atoms with Gasteiger partial charge in [-0.05, 0) is 44.5 Å². The van der Waals surface area contributed by atoms with Gasteiger partial charge in [0.25, 0.3) is 0 Å². The molecule has 1 unspecified atom stereocenters. The van der Waals surface area contributed by atoms with Crippen LogP contribution in [0.15, 0.2) is 24.3 Å². The molecule has 0 radical (unpaired) electrons. The van der Waals surface area contributed by atoms with Crippen molar-refractivity contribution in [3.8, 4) is 5.75 Å². The molecule has 1 N–H and O–H groups in total. The Morgan fingerprint density at radius 3 is 2.50 bits per heavy atom. The topological polar surface area (TPSA) is 41.6 Å². The minimum absolute atomic E-state index is 0.121. The molecule has 1 aromatic carbocycles. The number of carbonyl (C=O) groups is 1. The van der Waals surface area contributed by atoms with Crippen LogP contribution in [0.25, 0.3) is 0 Å². The fraction of sp³-hybridized carbons (Fsp3) is 0.611. The Balaban J connectivity index is 1.84. The predicted octanol–water partition coefficient (Wildman–Crippen LogP) is 2.96. The van der Waals surface area contributed by atoms with Crippen LogP contribution in [0.2, 0.25) is 0 Å². The van der Waals surface area contributed by atoms with Gasteiger partial charge in [0.15, 0.2) is 0 Å². The normalized spacial score (nSPS) is 17.3. The summed E-state index contributed by atoms with van der Waals surface area (Å²) in [5, 5.41) is 3.20. The van der Waals surface area contributed by atoms with Gasteiger partial charge in [-0.25, -0.2) is 0 Å². The summed E-state index contributed by atoms with van der Waals surface area (Å²) in [6.07, 6.45) is 6.03. The summed E-state index contributed by atoms with van der Waals surface area (Å²) >= 11 is 0. The number of carbonyl (C=O) groups excluding carboxylic acids is 1. The third-order valence-corrected chi connectivity index (χ3v) is 4.58. The summed E-state index contributed by atoms with van der Waals surface area (Å²) in [7, 11) is 3.66. The summed E-state index contributed by atoms with van der Waals surface area (Å²) < 4.78 is 5.17. The van der Waals surface area contributed by atoms with Crippen LogP contribution in [-0.4, -0.2) is 37.0 Å². The van der Waals surface area contributed by atoms with E-state index in [1.807, 2.05) is 38.2 Å². The van der Waals surface area contributed by atoms with E-state index < -0.39 is 0 Å². The zero-order valence-electron chi connectivity index (χ0n) is 14.0. The number of nitrogens with zero attached hydrogens (tertiary/aromatic N) is 1. The molecule has 0 spiro atoms. The van der Waals surface area contributed by atoms with Crippen LogP contribution in [0, 0.1) is 0 Å². The van der Waals surface area contributed by atoms with Crippen LogP contribution < -0.4 is 10.1 Å². The maximum absolute atomic E-state index is 12.4. The van der Waals surface area contributed by atoms with Crippen LogP contribution in [0.3, 0.4) is 0 Å². The minimum atomic E-state index is -0.121. The second-order valence-electron chi connectivity index (χ2n) is 6.28. The van der Waals surface area contributed by atoms with Crippen LogP contribution in [-0.2, 0) is 11.3 Å². The lowest BCUT2D eigenvalue weighted by atomic mass is 9.95. The van der Waals surface area contributed by atoms with Gasteiger partial charge in [-0.1, -0.05) is 31.4 Å². The molecule has 1 amide bonds. The average Bonchev–Trinajstić information content (AvgIpc) is 2.55. The first-order valence-electron chi connectivity index (χ1n) is 8.23. The standard InChI is InChI=1S/C18H28N2O2/c1-14(18(21)19-16-7-5-4-6-8-16)20(2)13-15-9-11-17(22-3)12-10-15/h9-12,14,16H,4-8,13H2,1-3H3,(H,19,21). The van der Waals surface area contributed by atoms with Gasteiger partial charge < -0.3 is 10.1 Å². The van der Waals surface area contributed by atoms with E-state index in [1.54, 1.807) is 7.11 Å². The lowest BCUT2D eigenvalue weighted by Gasteiger charge is -2.28. The van der Waals surface area contributed by atoms with Crippen LogP contribution in [0.5, 0.6) is 5.75 Å². The summed E-state index contributed by atoms with van der Waals surface area (Å²) in [5.41, 5.74) is 1.18.